The summed E-state index contributed by atoms with van der Waals surface area (Å²) < 4.78 is 0. The van der Waals surface area contributed by atoms with Crippen LogP contribution in [0.15, 0.2) is 18.3 Å². The van der Waals surface area contributed by atoms with Gasteiger partial charge in [0.15, 0.2) is 0 Å². The first-order valence-electron chi connectivity index (χ1n) is 4.50. The molecule has 0 bridgehead atoms. The molecule has 2 rings (SSSR count). The van der Waals surface area contributed by atoms with Gasteiger partial charge in [-0.3, -0.25) is 0 Å². The summed E-state index contributed by atoms with van der Waals surface area (Å²) in [4.78, 5) is 3.21. The molecule has 0 unspecified atom stereocenters. The van der Waals surface area contributed by atoms with Crippen molar-refractivity contribution >= 4 is 10.9 Å². The molecule has 0 radical (unpaired) electrons. The highest BCUT2D eigenvalue weighted by Crippen LogP contribution is 2.23. The average Bonchev–Trinajstić information content (AvgIpc) is 2.54. The van der Waals surface area contributed by atoms with Crippen molar-refractivity contribution in [2.45, 2.75) is 20.4 Å². The quantitative estimate of drug-likeness (QED) is 0.684. The van der Waals surface area contributed by atoms with E-state index >= 15 is 0 Å². The van der Waals surface area contributed by atoms with E-state index in [1.54, 1.807) is 0 Å². The van der Waals surface area contributed by atoms with Gasteiger partial charge in [0.05, 0.1) is 0 Å². The van der Waals surface area contributed by atoms with Crippen molar-refractivity contribution in [3.05, 3.63) is 35.0 Å². The van der Waals surface area contributed by atoms with Gasteiger partial charge in [0, 0.05) is 23.6 Å². The van der Waals surface area contributed by atoms with E-state index in [0.29, 0.717) is 6.54 Å². The maximum absolute atomic E-state index is 5.73. The Labute approximate surface area is 77.8 Å². The van der Waals surface area contributed by atoms with E-state index in [2.05, 4.69) is 31.0 Å². The molecule has 2 heteroatoms. The fourth-order valence-corrected chi connectivity index (χ4v) is 1.79. The Bertz CT molecular complexity index is 441. The van der Waals surface area contributed by atoms with Crippen LogP contribution in [-0.2, 0) is 6.54 Å². The van der Waals surface area contributed by atoms with Crippen LogP contribution in [0.25, 0.3) is 10.9 Å². The molecule has 0 aliphatic carbocycles. The third-order valence-corrected chi connectivity index (χ3v) is 2.71. The topological polar surface area (TPSA) is 41.8 Å². The van der Waals surface area contributed by atoms with Gasteiger partial charge in [0.1, 0.15) is 0 Å². The number of hydrogen-bond acceptors (Lipinski definition) is 1. The van der Waals surface area contributed by atoms with Crippen molar-refractivity contribution in [1.82, 2.24) is 4.98 Å². The van der Waals surface area contributed by atoms with Gasteiger partial charge in [-0.2, -0.15) is 0 Å². The fraction of sp³-hybridized carbons (Fsp3) is 0.273. The normalized spacial score (nSPS) is 11.0. The van der Waals surface area contributed by atoms with Crippen LogP contribution >= 0.6 is 0 Å². The third-order valence-electron chi connectivity index (χ3n) is 2.71. The summed E-state index contributed by atoms with van der Waals surface area (Å²) in [5.74, 6) is 0. The molecule has 2 aromatic rings. The van der Waals surface area contributed by atoms with E-state index < -0.39 is 0 Å². The Morgan fingerprint density at radius 2 is 2.15 bits per heavy atom. The number of rotatable bonds is 1. The summed E-state index contributed by atoms with van der Waals surface area (Å²) >= 11 is 0. The summed E-state index contributed by atoms with van der Waals surface area (Å²) in [5, 5.41) is 1.26. The van der Waals surface area contributed by atoms with Gasteiger partial charge in [0.2, 0.25) is 0 Å². The summed E-state index contributed by atoms with van der Waals surface area (Å²) in [6.07, 6.45) is 1.96. The molecule has 2 nitrogen and oxygen atoms in total. The van der Waals surface area contributed by atoms with E-state index in [4.69, 9.17) is 5.73 Å². The lowest BCUT2D eigenvalue weighted by molar-refractivity contribution is 1.06. The van der Waals surface area contributed by atoms with E-state index in [9.17, 15) is 0 Å². The number of aromatic nitrogens is 1. The van der Waals surface area contributed by atoms with Gasteiger partial charge in [-0.15, -0.1) is 0 Å². The smallest absolute Gasteiger partial charge is 0.0460 e. The van der Waals surface area contributed by atoms with E-state index in [1.165, 1.54) is 27.6 Å². The molecule has 0 atom stereocenters. The number of aryl methyl sites for hydroxylation is 1. The Balaban J connectivity index is 2.87. The third kappa shape index (κ3) is 1.14. The molecular formula is C11H14N2. The monoisotopic (exact) mass is 174 g/mol. The summed E-state index contributed by atoms with van der Waals surface area (Å²) in [5.41, 5.74) is 10.8. The van der Waals surface area contributed by atoms with Crippen LogP contribution in [0, 0.1) is 13.8 Å². The largest absolute Gasteiger partial charge is 0.361 e. The van der Waals surface area contributed by atoms with Crippen molar-refractivity contribution < 1.29 is 0 Å². The number of H-pyrrole nitrogens is 1. The summed E-state index contributed by atoms with van der Waals surface area (Å²) in [6, 6.07) is 4.26. The van der Waals surface area contributed by atoms with Gasteiger partial charge in [-0.05, 0) is 42.7 Å². The first kappa shape index (κ1) is 8.32. The van der Waals surface area contributed by atoms with Crippen LogP contribution in [0.2, 0.25) is 0 Å². The maximum Gasteiger partial charge on any atom is 0.0460 e. The molecule has 3 N–H and O–H groups in total. The van der Waals surface area contributed by atoms with Crippen molar-refractivity contribution in [3.8, 4) is 0 Å². The highest BCUT2D eigenvalue weighted by molar-refractivity contribution is 5.85. The predicted molar refractivity (Wildman–Crippen MR) is 55.7 cm³/mol. The highest BCUT2D eigenvalue weighted by Gasteiger charge is 2.06. The van der Waals surface area contributed by atoms with Crippen LogP contribution < -0.4 is 5.73 Å². The van der Waals surface area contributed by atoms with Crippen LogP contribution in [0.1, 0.15) is 16.7 Å². The van der Waals surface area contributed by atoms with E-state index in [0.717, 1.165) is 0 Å². The minimum absolute atomic E-state index is 0.613. The number of aromatic amines is 1. The van der Waals surface area contributed by atoms with Gasteiger partial charge in [-0.25, -0.2) is 0 Å². The first-order chi connectivity index (χ1) is 6.24. The standard InChI is InChI=1S/C11H14N2/c1-7-5-11-9(3-4-13-11)10(6-12)8(7)2/h3-5,13H,6,12H2,1-2H3. The van der Waals surface area contributed by atoms with Crippen LogP contribution in [0.3, 0.4) is 0 Å². The molecule has 0 amide bonds. The minimum Gasteiger partial charge on any atom is -0.361 e. The molecule has 0 saturated carbocycles. The summed E-state index contributed by atoms with van der Waals surface area (Å²) in [6.45, 7) is 4.86. The fourth-order valence-electron chi connectivity index (χ4n) is 1.79. The minimum atomic E-state index is 0.613. The SMILES string of the molecule is Cc1cc2[nH]ccc2c(CN)c1C. The van der Waals surface area contributed by atoms with Crippen LogP contribution in [0.5, 0.6) is 0 Å². The first-order valence-corrected chi connectivity index (χ1v) is 4.50. The van der Waals surface area contributed by atoms with E-state index in [-0.39, 0.29) is 0 Å². The Kier molecular flexibility index (Phi) is 1.85. The lowest BCUT2D eigenvalue weighted by atomic mass is 9.99. The highest BCUT2D eigenvalue weighted by atomic mass is 14.7. The zero-order valence-corrected chi connectivity index (χ0v) is 8.02. The van der Waals surface area contributed by atoms with Gasteiger partial charge < -0.3 is 10.7 Å². The average molecular weight is 174 g/mol. The molecule has 1 aromatic carbocycles. The van der Waals surface area contributed by atoms with Crippen molar-refractivity contribution in [2.75, 3.05) is 0 Å². The van der Waals surface area contributed by atoms with Gasteiger partial charge in [0.25, 0.3) is 0 Å². The lowest BCUT2D eigenvalue weighted by Gasteiger charge is -2.08. The second-order valence-electron chi connectivity index (χ2n) is 3.44. The second kappa shape index (κ2) is 2.89. The molecule has 0 fully saturated rings. The van der Waals surface area contributed by atoms with Gasteiger partial charge in [-0.1, -0.05) is 0 Å². The Hall–Kier alpha value is -1.28. The predicted octanol–water partition coefficient (Wildman–Crippen LogP) is 2.24. The molecule has 0 aliphatic heterocycles. The molecule has 0 aliphatic rings. The number of hydrogen-bond donors (Lipinski definition) is 2. The van der Waals surface area contributed by atoms with Crippen LogP contribution in [0.4, 0.5) is 0 Å². The lowest BCUT2D eigenvalue weighted by Crippen LogP contribution is -2.01. The molecule has 68 valence electrons. The maximum atomic E-state index is 5.73. The van der Waals surface area contributed by atoms with E-state index in [1.807, 2.05) is 6.20 Å². The summed E-state index contributed by atoms with van der Waals surface area (Å²) in [7, 11) is 0. The van der Waals surface area contributed by atoms with Crippen molar-refractivity contribution in [1.29, 1.82) is 0 Å². The number of nitrogens with two attached hydrogens (primary N) is 1. The van der Waals surface area contributed by atoms with Gasteiger partial charge >= 0.3 is 0 Å². The second-order valence-corrected chi connectivity index (χ2v) is 3.44. The molecule has 1 aromatic heterocycles. The molecule has 13 heavy (non-hydrogen) atoms. The Morgan fingerprint density at radius 3 is 2.85 bits per heavy atom. The van der Waals surface area contributed by atoms with Crippen LogP contribution in [-0.4, -0.2) is 4.98 Å². The molecular weight excluding hydrogens is 160 g/mol. The molecule has 0 saturated heterocycles. The zero-order chi connectivity index (χ0) is 9.42. The zero-order valence-electron chi connectivity index (χ0n) is 8.02. The number of fused-ring (bicyclic) bond motifs is 1. The number of nitrogens with one attached hydrogen (secondary N) is 1. The van der Waals surface area contributed by atoms with Crippen molar-refractivity contribution in [2.24, 2.45) is 5.73 Å². The number of benzene rings is 1. The molecule has 0 spiro atoms. The Morgan fingerprint density at radius 1 is 1.38 bits per heavy atom. The van der Waals surface area contributed by atoms with Crippen molar-refractivity contribution in [3.63, 3.8) is 0 Å². The molecule has 1 heterocycles.